The summed E-state index contributed by atoms with van der Waals surface area (Å²) in [4.78, 5) is 14.4. The summed E-state index contributed by atoms with van der Waals surface area (Å²) in [5, 5.41) is 12.1. The van der Waals surface area contributed by atoms with Gasteiger partial charge < -0.3 is 15.0 Å². The van der Waals surface area contributed by atoms with Gasteiger partial charge in [0.25, 0.3) is 5.56 Å². The first kappa shape index (κ1) is 10.7. The lowest BCUT2D eigenvalue weighted by molar-refractivity contribution is 0.403. The van der Waals surface area contributed by atoms with Gasteiger partial charge in [0.1, 0.15) is 17.4 Å². The summed E-state index contributed by atoms with van der Waals surface area (Å²) >= 11 is 0. The molecule has 1 aromatic rings. The van der Waals surface area contributed by atoms with E-state index in [9.17, 15) is 4.79 Å². The first-order valence-corrected chi connectivity index (χ1v) is 5.18. The van der Waals surface area contributed by atoms with Crippen molar-refractivity contribution in [3.05, 3.63) is 27.7 Å². The molecule has 0 saturated carbocycles. The second-order valence-electron chi connectivity index (χ2n) is 3.78. The summed E-state index contributed by atoms with van der Waals surface area (Å²) in [6, 6.07) is 2.02. The Morgan fingerprint density at radius 2 is 2.44 bits per heavy atom. The van der Waals surface area contributed by atoms with Crippen LogP contribution in [0.2, 0.25) is 0 Å². The summed E-state index contributed by atoms with van der Waals surface area (Å²) in [5.41, 5.74) is 0.806. The van der Waals surface area contributed by atoms with Crippen LogP contribution in [0.1, 0.15) is 23.5 Å². The number of aromatic nitrogens is 1. The fraction of sp³-hybridized carbons (Fsp3) is 0.455. The van der Waals surface area contributed by atoms with Crippen molar-refractivity contribution in [3.63, 3.8) is 0 Å². The Balaban J connectivity index is 2.57. The van der Waals surface area contributed by atoms with Gasteiger partial charge in [-0.3, -0.25) is 4.79 Å². The van der Waals surface area contributed by atoms with Crippen LogP contribution < -0.4 is 15.6 Å². The smallest absolute Gasteiger partial charge is 0.255 e. The summed E-state index contributed by atoms with van der Waals surface area (Å²) in [5.74, 6) is 0.548. The third-order valence-corrected chi connectivity index (χ3v) is 2.87. The van der Waals surface area contributed by atoms with Gasteiger partial charge in [0.15, 0.2) is 0 Å². The molecule has 5 heteroatoms. The Hall–Kier alpha value is -1.80. The van der Waals surface area contributed by atoms with Crippen LogP contribution in [0.25, 0.3) is 0 Å². The Labute approximate surface area is 93.1 Å². The molecule has 0 amide bonds. The molecule has 1 fully saturated rings. The number of pyridine rings is 1. The van der Waals surface area contributed by atoms with Crippen LogP contribution in [-0.2, 0) is 0 Å². The summed E-state index contributed by atoms with van der Waals surface area (Å²) < 4.78 is 5.19. The van der Waals surface area contributed by atoms with Crippen LogP contribution in [0.15, 0.2) is 11.0 Å². The highest BCUT2D eigenvalue weighted by molar-refractivity contribution is 5.47. The van der Waals surface area contributed by atoms with Crippen molar-refractivity contribution >= 4 is 0 Å². The van der Waals surface area contributed by atoms with Crippen molar-refractivity contribution in [1.29, 1.82) is 5.26 Å². The first-order chi connectivity index (χ1) is 7.77. The van der Waals surface area contributed by atoms with Crippen LogP contribution in [0.3, 0.4) is 0 Å². The predicted octanol–water partition coefficient (Wildman–Crippen LogP) is 0.332. The van der Waals surface area contributed by atoms with Gasteiger partial charge in [0.05, 0.1) is 12.7 Å². The number of rotatable bonds is 2. The van der Waals surface area contributed by atoms with E-state index in [-0.39, 0.29) is 11.5 Å². The Kier molecular flexibility index (Phi) is 2.93. The maximum atomic E-state index is 11.8. The molecule has 5 nitrogen and oxygen atoms in total. The van der Waals surface area contributed by atoms with Gasteiger partial charge in [-0.2, -0.15) is 5.26 Å². The molecule has 1 aliphatic rings. The van der Waals surface area contributed by atoms with Gasteiger partial charge in [-0.05, 0) is 13.0 Å². The Bertz CT molecular complexity index is 481. The third kappa shape index (κ3) is 1.68. The molecule has 84 valence electrons. The minimum Gasteiger partial charge on any atom is -0.495 e. The molecule has 1 unspecified atom stereocenters. The van der Waals surface area contributed by atoms with E-state index >= 15 is 0 Å². The summed E-state index contributed by atoms with van der Waals surface area (Å²) in [6.45, 7) is 1.65. The second kappa shape index (κ2) is 4.37. The third-order valence-electron chi connectivity index (χ3n) is 2.87. The molecule has 0 aromatic carbocycles. The van der Waals surface area contributed by atoms with Crippen LogP contribution in [0, 0.1) is 11.3 Å². The molecular formula is C11H13N3O2. The molecule has 2 heterocycles. The van der Waals surface area contributed by atoms with Gasteiger partial charge in [0, 0.05) is 18.7 Å². The molecule has 0 aliphatic carbocycles. The number of hydrogen-bond acceptors (Lipinski definition) is 4. The Morgan fingerprint density at radius 3 is 3.00 bits per heavy atom. The zero-order valence-corrected chi connectivity index (χ0v) is 9.04. The number of hydrogen-bond donors (Lipinski definition) is 2. The van der Waals surface area contributed by atoms with Crippen molar-refractivity contribution in [2.75, 3.05) is 20.2 Å². The highest BCUT2D eigenvalue weighted by atomic mass is 16.5. The predicted molar refractivity (Wildman–Crippen MR) is 58.6 cm³/mol. The normalized spacial score (nSPS) is 19.4. The molecule has 1 atom stereocenters. The lowest BCUT2D eigenvalue weighted by atomic mass is 9.97. The van der Waals surface area contributed by atoms with E-state index in [1.807, 2.05) is 6.07 Å². The SMILES string of the molecule is COc1c(C#N)c[nH]c(=O)c1C1CCNC1. The van der Waals surface area contributed by atoms with E-state index in [4.69, 9.17) is 10.00 Å². The number of nitriles is 1. The van der Waals surface area contributed by atoms with Crippen LogP contribution in [-0.4, -0.2) is 25.2 Å². The van der Waals surface area contributed by atoms with Crippen LogP contribution >= 0.6 is 0 Å². The van der Waals surface area contributed by atoms with Gasteiger partial charge in [-0.25, -0.2) is 0 Å². The number of nitrogens with zero attached hydrogens (tertiary/aromatic N) is 1. The van der Waals surface area contributed by atoms with Gasteiger partial charge in [0.2, 0.25) is 0 Å². The molecule has 0 spiro atoms. The monoisotopic (exact) mass is 219 g/mol. The van der Waals surface area contributed by atoms with E-state index in [0.717, 1.165) is 19.5 Å². The van der Waals surface area contributed by atoms with Crippen LogP contribution in [0.5, 0.6) is 5.75 Å². The first-order valence-electron chi connectivity index (χ1n) is 5.18. The van der Waals surface area contributed by atoms with E-state index in [1.54, 1.807) is 0 Å². The lowest BCUT2D eigenvalue weighted by Gasteiger charge is -2.13. The van der Waals surface area contributed by atoms with Gasteiger partial charge in [-0.15, -0.1) is 0 Å². The molecule has 0 bridgehead atoms. The largest absolute Gasteiger partial charge is 0.495 e. The molecule has 16 heavy (non-hydrogen) atoms. The number of H-pyrrole nitrogens is 1. The Morgan fingerprint density at radius 1 is 1.62 bits per heavy atom. The molecule has 0 radical (unpaired) electrons. The molecule has 2 rings (SSSR count). The summed E-state index contributed by atoms with van der Waals surface area (Å²) in [6.07, 6.45) is 2.29. The quantitative estimate of drug-likeness (QED) is 0.751. The standard InChI is InChI=1S/C11H13N3O2/c1-16-10-8(4-12)6-14-11(15)9(10)7-2-3-13-5-7/h6-7,13H,2-3,5H2,1H3,(H,14,15). The fourth-order valence-corrected chi connectivity index (χ4v) is 2.10. The molecule has 1 saturated heterocycles. The zero-order valence-electron chi connectivity index (χ0n) is 9.04. The molecular weight excluding hydrogens is 206 g/mol. The van der Waals surface area contributed by atoms with E-state index < -0.39 is 0 Å². The maximum Gasteiger partial charge on any atom is 0.255 e. The topological polar surface area (TPSA) is 77.9 Å². The van der Waals surface area contributed by atoms with Crippen molar-refractivity contribution in [3.8, 4) is 11.8 Å². The second-order valence-corrected chi connectivity index (χ2v) is 3.78. The van der Waals surface area contributed by atoms with Crippen molar-refractivity contribution < 1.29 is 4.74 Å². The molecule has 2 N–H and O–H groups in total. The van der Waals surface area contributed by atoms with E-state index in [2.05, 4.69) is 10.3 Å². The number of methoxy groups -OCH3 is 1. The fourth-order valence-electron chi connectivity index (χ4n) is 2.10. The minimum atomic E-state index is -0.162. The number of ether oxygens (including phenoxy) is 1. The average Bonchev–Trinajstić information content (AvgIpc) is 2.81. The van der Waals surface area contributed by atoms with Crippen molar-refractivity contribution in [2.45, 2.75) is 12.3 Å². The average molecular weight is 219 g/mol. The van der Waals surface area contributed by atoms with Gasteiger partial charge >= 0.3 is 0 Å². The van der Waals surface area contributed by atoms with E-state index in [0.29, 0.717) is 16.9 Å². The number of nitrogens with one attached hydrogen (secondary N) is 2. The van der Waals surface area contributed by atoms with Crippen molar-refractivity contribution in [2.24, 2.45) is 0 Å². The summed E-state index contributed by atoms with van der Waals surface area (Å²) in [7, 11) is 1.49. The molecule has 1 aliphatic heterocycles. The maximum absolute atomic E-state index is 11.8. The van der Waals surface area contributed by atoms with Crippen molar-refractivity contribution in [1.82, 2.24) is 10.3 Å². The highest BCUT2D eigenvalue weighted by Gasteiger charge is 2.25. The minimum absolute atomic E-state index is 0.131. The molecule has 1 aromatic heterocycles. The lowest BCUT2D eigenvalue weighted by Crippen LogP contribution is -2.20. The number of aromatic amines is 1. The van der Waals surface area contributed by atoms with E-state index in [1.165, 1.54) is 13.3 Å². The highest BCUT2D eigenvalue weighted by Crippen LogP contribution is 2.29. The van der Waals surface area contributed by atoms with Crippen LogP contribution in [0.4, 0.5) is 0 Å². The zero-order chi connectivity index (χ0) is 11.5. The van der Waals surface area contributed by atoms with Gasteiger partial charge in [-0.1, -0.05) is 0 Å².